The highest BCUT2D eigenvalue weighted by atomic mass is 16.5. The molecule has 5 rings (SSSR count). The van der Waals surface area contributed by atoms with Gasteiger partial charge in [-0.2, -0.15) is 10.4 Å². The highest BCUT2D eigenvalue weighted by molar-refractivity contribution is 5.94. The fourth-order valence-electron chi connectivity index (χ4n) is 4.74. The first-order valence-electron chi connectivity index (χ1n) is 13.5. The van der Waals surface area contributed by atoms with Gasteiger partial charge in [-0.3, -0.25) is 0 Å². The Morgan fingerprint density at radius 3 is 2.50 bits per heavy atom. The minimum atomic E-state index is -0.263. The number of hydrogen-bond acceptors (Lipinski definition) is 7. The number of hydrogen-bond donors (Lipinski definition) is 3. The number of fused-ring (bicyclic) bond motifs is 1. The number of ether oxygens (including phenoxy) is 1. The summed E-state index contributed by atoms with van der Waals surface area (Å²) < 4.78 is 7.56. The average Bonchev–Trinajstić information content (AvgIpc) is 3.28. The normalized spacial score (nSPS) is 14.0. The van der Waals surface area contributed by atoms with Crippen molar-refractivity contribution in [2.24, 2.45) is 0 Å². The summed E-state index contributed by atoms with van der Waals surface area (Å²) in [5.41, 5.74) is 3.97. The maximum absolute atomic E-state index is 12.6. The van der Waals surface area contributed by atoms with Crippen molar-refractivity contribution in [3.8, 4) is 17.6 Å². The molecule has 3 heterocycles. The summed E-state index contributed by atoms with van der Waals surface area (Å²) >= 11 is 0. The number of aryl methyl sites for hydroxylation is 1. The number of amides is 2. The number of nitrogens with one attached hydrogen (secondary N) is 3. The molecule has 0 radical (unpaired) electrons. The number of carbonyl (C=O) groups is 1. The Hall–Kier alpha value is -4.59. The molecule has 10 nitrogen and oxygen atoms in total. The lowest BCUT2D eigenvalue weighted by atomic mass is 10.1. The molecule has 2 amide bonds. The van der Waals surface area contributed by atoms with Crippen molar-refractivity contribution in [3.63, 3.8) is 0 Å². The largest absolute Gasteiger partial charge is 0.457 e. The van der Waals surface area contributed by atoms with Crippen molar-refractivity contribution in [1.29, 1.82) is 5.26 Å². The summed E-state index contributed by atoms with van der Waals surface area (Å²) in [7, 11) is 2.14. The quantitative estimate of drug-likeness (QED) is 0.262. The lowest BCUT2D eigenvalue weighted by Crippen LogP contribution is -2.45. The first kappa shape index (κ1) is 27.0. The van der Waals surface area contributed by atoms with Crippen LogP contribution in [0.2, 0.25) is 0 Å². The van der Waals surface area contributed by atoms with Crippen molar-refractivity contribution in [1.82, 2.24) is 24.7 Å². The van der Waals surface area contributed by atoms with Crippen LogP contribution in [0, 0.1) is 18.3 Å². The first-order chi connectivity index (χ1) is 19.5. The highest BCUT2D eigenvalue weighted by Crippen LogP contribution is 2.33. The Kier molecular flexibility index (Phi) is 8.44. The molecule has 40 heavy (non-hydrogen) atoms. The number of carbonyl (C=O) groups excluding carboxylic acids is 1. The van der Waals surface area contributed by atoms with Gasteiger partial charge in [0.05, 0.1) is 34.8 Å². The van der Waals surface area contributed by atoms with Crippen LogP contribution in [0.4, 0.5) is 21.9 Å². The van der Waals surface area contributed by atoms with E-state index in [-0.39, 0.29) is 6.03 Å². The van der Waals surface area contributed by atoms with E-state index in [1.54, 1.807) is 10.7 Å². The Morgan fingerprint density at radius 1 is 1.05 bits per heavy atom. The van der Waals surface area contributed by atoms with Crippen LogP contribution in [0.3, 0.4) is 0 Å². The van der Waals surface area contributed by atoms with Gasteiger partial charge in [-0.05, 0) is 63.3 Å². The van der Waals surface area contributed by atoms with Crippen molar-refractivity contribution < 1.29 is 9.53 Å². The van der Waals surface area contributed by atoms with Gasteiger partial charge in [-0.25, -0.2) is 9.31 Å². The number of nitriles is 1. The number of urea groups is 1. The molecule has 1 aliphatic heterocycles. The molecule has 206 valence electrons. The van der Waals surface area contributed by atoms with Crippen molar-refractivity contribution in [2.75, 3.05) is 56.9 Å². The molecular formula is C30H34N8O2. The molecular weight excluding hydrogens is 504 g/mol. The standard InChI is InChI=1S/C30H34N8O2/c1-22-27(35-30(39)32-13-6-14-37-17-15-36(2)16-18-37)21-38-29(22)28(23(19-31)20-33-38)34-24-9-11-26(12-10-24)40-25-7-4-3-5-8-25/h3-5,7-12,20-21,34H,6,13-18H2,1-2H3,(H2,32,35,39). The summed E-state index contributed by atoms with van der Waals surface area (Å²) in [6.45, 7) is 7.78. The number of nitrogens with zero attached hydrogens (tertiary/aromatic N) is 5. The van der Waals surface area contributed by atoms with Crippen LogP contribution in [-0.2, 0) is 0 Å². The topological polar surface area (TPSA) is 110 Å². The number of likely N-dealkylation sites (N-methyl/N-ethyl adjacent to an activating group) is 1. The summed E-state index contributed by atoms with van der Waals surface area (Å²) in [5, 5.41) is 23.4. The summed E-state index contributed by atoms with van der Waals surface area (Å²) in [6.07, 6.45) is 4.17. The lowest BCUT2D eigenvalue weighted by molar-refractivity contribution is 0.153. The third-order valence-corrected chi connectivity index (χ3v) is 7.06. The number of aromatic nitrogens is 2. The molecule has 3 N–H and O–H groups in total. The minimum absolute atomic E-state index is 0.263. The first-order valence-corrected chi connectivity index (χ1v) is 13.5. The molecule has 4 aromatic rings. The highest BCUT2D eigenvalue weighted by Gasteiger charge is 2.18. The van der Waals surface area contributed by atoms with Gasteiger partial charge in [0, 0.05) is 44.0 Å². The van der Waals surface area contributed by atoms with Crippen molar-refractivity contribution in [3.05, 3.63) is 78.1 Å². The van der Waals surface area contributed by atoms with E-state index >= 15 is 0 Å². The third-order valence-electron chi connectivity index (χ3n) is 7.06. The number of piperazine rings is 1. The zero-order valence-corrected chi connectivity index (χ0v) is 22.9. The monoisotopic (exact) mass is 538 g/mol. The third kappa shape index (κ3) is 6.51. The molecule has 0 saturated carbocycles. The fraction of sp³-hybridized carbons (Fsp3) is 0.300. The van der Waals surface area contributed by atoms with E-state index < -0.39 is 0 Å². The van der Waals surface area contributed by atoms with Crippen LogP contribution in [0.25, 0.3) is 5.52 Å². The lowest BCUT2D eigenvalue weighted by Gasteiger charge is -2.32. The second-order valence-electron chi connectivity index (χ2n) is 9.95. The average molecular weight is 539 g/mol. The molecule has 1 aliphatic rings. The molecule has 0 spiro atoms. The molecule has 0 atom stereocenters. The van der Waals surface area contributed by atoms with Gasteiger partial charge >= 0.3 is 6.03 Å². The predicted molar refractivity (Wildman–Crippen MR) is 156 cm³/mol. The zero-order chi connectivity index (χ0) is 27.9. The van der Waals surface area contributed by atoms with Gasteiger partial charge in [0.15, 0.2) is 0 Å². The summed E-state index contributed by atoms with van der Waals surface area (Å²) in [6, 6.07) is 19.1. The number of rotatable bonds is 9. The number of anilines is 3. The maximum Gasteiger partial charge on any atom is 0.319 e. The van der Waals surface area contributed by atoms with Crippen LogP contribution >= 0.6 is 0 Å². The Morgan fingerprint density at radius 2 is 1.77 bits per heavy atom. The summed E-state index contributed by atoms with van der Waals surface area (Å²) in [4.78, 5) is 17.4. The molecule has 1 saturated heterocycles. The molecule has 0 aliphatic carbocycles. The maximum atomic E-state index is 12.6. The fourth-order valence-corrected chi connectivity index (χ4v) is 4.74. The molecule has 0 bridgehead atoms. The molecule has 2 aromatic carbocycles. The molecule has 10 heteroatoms. The second-order valence-corrected chi connectivity index (χ2v) is 9.95. The van der Waals surface area contributed by atoms with Gasteiger partial charge < -0.3 is 30.5 Å². The van der Waals surface area contributed by atoms with E-state index in [0.717, 1.165) is 56.1 Å². The SMILES string of the molecule is Cc1c(NC(=O)NCCCN2CCN(C)CC2)cn2ncc(C#N)c(Nc3ccc(Oc4ccccc4)cc3)c12. The smallest absolute Gasteiger partial charge is 0.319 e. The van der Waals surface area contributed by atoms with E-state index in [2.05, 4.69) is 44.0 Å². The number of benzene rings is 2. The Bertz CT molecular complexity index is 1490. The van der Waals surface area contributed by atoms with Crippen LogP contribution in [0.15, 0.2) is 67.0 Å². The van der Waals surface area contributed by atoms with Gasteiger partial charge in [0.1, 0.15) is 17.6 Å². The van der Waals surface area contributed by atoms with Crippen LogP contribution in [-0.4, -0.2) is 71.8 Å². The van der Waals surface area contributed by atoms with Crippen molar-refractivity contribution >= 4 is 28.6 Å². The summed E-state index contributed by atoms with van der Waals surface area (Å²) in [5.74, 6) is 1.46. The Balaban J connectivity index is 1.24. The number of para-hydroxylation sites is 1. The zero-order valence-electron chi connectivity index (χ0n) is 22.9. The van der Waals surface area contributed by atoms with E-state index in [1.165, 1.54) is 6.20 Å². The van der Waals surface area contributed by atoms with Crippen LogP contribution in [0.1, 0.15) is 17.5 Å². The minimum Gasteiger partial charge on any atom is -0.457 e. The van der Waals surface area contributed by atoms with Gasteiger partial charge in [-0.15, -0.1) is 0 Å². The molecule has 0 unspecified atom stereocenters. The van der Waals surface area contributed by atoms with E-state index in [0.29, 0.717) is 34.7 Å². The van der Waals surface area contributed by atoms with E-state index in [1.807, 2.05) is 61.5 Å². The van der Waals surface area contributed by atoms with E-state index in [9.17, 15) is 10.1 Å². The van der Waals surface area contributed by atoms with Gasteiger partial charge in [-0.1, -0.05) is 18.2 Å². The molecule has 1 fully saturated rings. The van der Waals surface area contributed by atoms with E-state index in [4.69, 9.17) is 4.74 Å². The van der Waals surface area contributed by atoms with Gasteiger partial charge in [0.2, 0.25) is 0 Å². The second kappa shape index (κ2) is 12.5. The van der Waals surface area contributed by atoms with Crippen LogP contribution < -0.4 is 20.7 Å². The molecule has 2 aromatic heterocycles. The Labute approximate surface area is 234 Å². The van der Waals surface area contributed by atoms with Crippen molar-refractivity contribution in [2.45, 2.75) is 13.3 Å². The van der Waals surface area contributed by atoms with Gasteiger partial charge in [0.25, 0.3) is 0 Å². The van der Waals surface area contributed by atoms with Crippen LogP contribution in [0.5, 0.6) is 11.5 Å². The predicted octanol–water partition coefficient (Wildman–Crippen LogP) is 4.81.